The smallest absolute Gasteiger partial charge is 0.233 e. The van der Waals surface area contributed by atoms with Crippen molar-refractivity contribution in [2.24, 2.45) is 0 Å². The molecule has 1 aliphatic carbocycles. The van der Waals surface area contributed by atoms with Gasteiger partial charge in [-0.1, -0.05) is 23.4 Å². The molecular weight excluding hydrogens is 408 g/mol. The minimum atomic E-state index is -0.273. The lowest BCUT2D eigenvalue weighted by Gasteiger charge is -2.34. The maximum atomic E-state index is 13.6. The van der Waals surface area contributed by atoms with Gasteiger partial charge in [0.05, 0.1) is 25.5 Å². The minimum Gasteiger partial charge on any atom is -0.504 e. The Morgan fingerprint density at radius 2 is 1.94 bits per heavy atom. The average molecular weight is 432 g/mol. The maximum absolute atomic E-state index is 13.6. The maximum Gasteiger partial charge on any atom is 0.233 e. The predicted octanol–water partition coefficient (Wildman–Crippen LogP) is 4.66. The zero-order valence-corrected chi connectivity index (χ0v) is 18.1. The van der Waals surface area contributed by atoms with Gasteiger partial charge >= 0.3 is 0 Å². The molecule has 2 heterocycles. The van der Waals surface area contributed by atoms with Crippen molar-refractivity contribution < 1.29 is 23.9 Å². The number of aromatic hydroxyl groups is 1. The van der Waals surface area contributed by atoms with Gasteiger partial charge in [-0.15, -0.1) is 0 Å². The highest BCUT2D eigenvalue weighted by atomic mass is 16.5. The molecule has 3 aromatic rings. The largest absolute Gasteiger partial charge is 0.504 e. The van der Waals surface area contributed by atoms with Crippen molar-refractivity contribution in [1.29, 1.82) is 0 Å². The number of methoxy groups -OCH3 is 2. The lowest BCUT2D eigenvalue weighted by atomic mass is 9.72. The number of nitrogens with zero attached hydrogens (tertiary/aromatic N) is 1. The van der Waals surface area contributed by atoms with Gasteiger partial charge in [0, 0.05) is 23.6 Å². The van der Waals surface area contributed by atoms with Crippen molar-refractivity contribution in [3.05, 3.63) is 76.1 Å². The number of hydrogen-bond acceptors (Lipinski definition) is 7. The first-order valence-electron chi connectivity index (χ1n) is 10.5. The van der Waals surface area contributed by atoms with E-state index in [-0.39, 0.29) is 23.4 Å². The number of anilines is 1. The van der Waals surface area contributed by atoms with E-state index in [1.807, 2.05) is 37.3 Å². The number of rotatable bonds is 4. The molecule has 164 valence electrons. The Hall–Kier alpha value is -3.74. The molecule has 7 heteroatoms. The van der Waals surface area contributed by atoms with Gasteiger partial charge in [-0.3, -0.25) is 4.79 Å². The predicted molar refractivity (Wildman–Crippen MR) is 118 cm³/mol. The summed E-state index contributed by atoms with van der Waals surface area (Å²) in [5, 5.41) is 17.4. The Morgan fingerprint density at radius 1 is 1.09 bits per heavy atom. The van der Waals surface area contributed by atoms with Crippen LogP contribution in [0.25, 0.3) is 0 Å². The molecule has 1 aromatic heterocycles. The summed E-state index contributed by atoms with van der Waals surface area (Å²) in [5.41, 5.74) is 5.14. The van der Waals surface area contributed by atoms with E-state index in [0.717, 1.165) is 39.4 Å². The number of aromatic nitrogens is 1. The van der Waals surface area contributed by atoms with E-state index in [1.54, 1.807) is 19.2 Å². The third-order valence-electron chi connectivity index (χ3n) is 6.36. The Balaban J connectivity index is 1.60. The molecule has 1 aliphatic heterocycles. The molecule has 5 rings (SSSR count). The summed E-state index contributed by atoms with van der Waals surface area (Å²) in [4.78, 5) is 13.6. The van der Waals surface area contributed by atoms with E-state index in [2.05, 4.69) is 10.5 Å². The molecule has 32 heavy (non-hydrogen) atoms. The van der Waals surface area contributed by atoms with Gasteiger partial charge in [-0.05, 0) is 54.7 Å². The molecule has 2 atom stereocenters. The highest BCUT2D eigenvalue weighted by Gasteiger charge is 2.41. The molecule has 0 saturated heterocycles. The number of ketones is 1. The van der Waals surface area contributed by atoms with E-state index in [0.29, 0.717) is 24.5 Å². The van der Waals surface area contributed by atoms with Gasteiger partial charge in [0.2, 0.25) is 5.88 Å². The Labute approximate surface area is 185 Å². The lowest BCUT2D eigenvalue weighted by molar-refractivity contribution is -0.116. The van der Waals surface area contributed by atoms with Crippen LogP contribution in [-0.4, -0.2) is 30.3 Å². The van der Waals surface area contributed by atoms with Crippen molar-refractivity contribution in [3.8, 4) is 17.2 Å². The number of allylic oxidation sites excluding steroid dienone is 2. The van der Waals surface area contributed by atoms with E-state index >= 15 is 0 Å². The number of nitrogens with one attached hydrogen (secondary N) is 1. The number of hydrogen-bond donors (Lipinski definition) is 2. The number of fused-ring (bicyclic) bond motifs is 1. The van der Waals surface area contributed by atoms with Crippen molar-refractivity contribution in [2.75, 3.05) is 19.5 Å². The molecule has 2 aliphatic rings. The fraction of sp³-hybridized carbons (Fsp3) is 0.280. The van der Waals surface area contributed by atoms with Crippen LogP contribution in [0.5, 0.6) is 17.2 Å². The van der Waals surface area contributed by atoms with Crippen LogP contribution in [0.15, 0.2) is 58.3 Å². The highest BCUT2D eigenvalue weighted by Crippen LogP contribution is 2.49. The van der Waals surface area contributed by atoms with Crippen LogP contribution in [0.3, 0.4) is 0 Å². The fourth-order valence-electron chi connectivity index (χ4n) is 4.81. The monoisotopic (exact) mass is 432 g/mol. The zero-order valence-electron chi connectivity index (χ0n) is 18.1. The number of carbonyl (C=O) groups excluding carboxylic acids is 1. The van der Waals surface area contributed by atoms with Gasteiger partial charge in [0.25, 0.3) is 0 Å². The van der Waals surface area contributed by atoms with E-state index in [4.69, 9.17) is 14.0 Å². The Bertz CT molecular complexity index is 1240. The number of phenols is 1. The second-order valence-electron chi connectivity index (χ2n) is 8.20. The van der Waals surface area contributed by atoms with Crippen LogP contribution in [0.2, 0.25) is 0 Å². The van der Waals surface area contributed by atoms with Crippen molar-refractivity contribution in [3.63, 3.8) is 0 Å². The topological polar surface area (TPSA) is 93.8 Å². The van der Waals surface area contributed by atoms with Gasteiger partial charge in [0.15, 0.2) is 17.3 Å². The number of benzene rings is 2. The number of carbonyl (C=O) groups is 1. The first-order valence-corrected chi connectivity index (χ1v) is 10.5. The summed E-state index contributed by atoms with van der Waals surface area (Å²) in [7, 11) is 3.14. The van der Waals surface area contributed by atoms with Crippen LogP contribution < -0.4 is 14.8 Å². The molecule has 0 saturated carbocycles. The van der Waals surface area contributed by atoms with E-state index < -0.39 is 0 Å². The van der Waals surface area contributed by atoms with E-state index in [1.165, 1.54) is 7.11 Å². The molecule has 2 N–H and O–H groups in total. The van der Waals surface area contributed by atoms with E-state index in [9.17, 15) is 9.90 Å². The molecule has 2 unspecified atom stereocenters. The average Bonchev–Trinajstić information content (AvgIpc) is 3.18. The molecule has 2 aromatic carbocycles. The van der Waals surface area contributed by atoms with Crippen LogP contribution in [0.1, 0.15) is 47.1 Å². The van der Waals surface area contributed by atoms with Crippen molar-refractivity contribution in [1.82, 2.24) is 5.16 Å². The van der Waals surface area contributed by atoms with Crippen LogP contribution >= 0.6 is 0 Å². The van der Waals surface area contributed by atoms with Crippen molar-refractivity contribution >= 4 is 11.7 Å². The number of phenolic OH excluding ortho intramolecular Hbond substituents is 1. The minimum absolute atomic E-state index is 0.0419. The van der Waals surface area contributed by atoms with Crippen molar-refractivity contribution in [2.45, 2.75) is 31.6 Å². The van der Waals surface area contributed by atoms with Gasteiger partial charge in [-0.2, -0.15) is 0 Å². The standard InChI is InChI=1S/C25H24N2O5/c1-13-22-23(15-5-4-6-17(9-15)30-2)24-18(26-25(22)32-27-13)10-16(11-20(24)29)14-7-8-19(28)21(12-14)31-3/h4-9,12,16,23,26,28H,10-11H2,1-3H3. The molecule has 0 spiro atoms. The SMILES string of the molecule is COc1cccc(C2C3=C(CC(c4ccc(O)c(OC)c4)CC3=O)Nc3onc(C)c32)c1. The summed E-state index contributed by atoms with van der Waals surface area (Å²) in [5.74, 6) is 1.55. The molecule has 0 fully saturated rings. The summed E-state index contributed by atoms with van der Waals surface area (Å²) in [6.45, 7) is 1.89. The second kappa shape index (κ2) is 7.75. The Kier molecular flexibility index (Phi) is 4.89. The summed E-state index contributed by atoms with van der Waals surface area (Å²) < 4.78 is 16.3. The summed E-state index contributed by atoms with van der Waals surface area (Å²) in [6.07, 6.45) is 1.00. The lowest BCUT2D eigenvalue weighted by Crippen LogP contribution is -2.29. The first-order chi connectivity index (χ1) is 15.5. The number of aryl methyl sites for hydroxylation is 1. The molecule has 0 bridgehead atoms. The normalized spacial score (nSPS) is 19.8. The van der Waals surface area contributed by atoms with Gasteiger partial charge in [-0.25, -0.2) is 0 Å². The number of ether oxygens (including phenoxy) is 2. The Morgan fingerprint density at radius 3 is 2.72 bits per heavy atom. The summed E-state index contributed by atoms with van der Waals surface area (Å²) in [6, 6.07) is 13.0. The second-order valence-corrected chi connectivity index (χ2v) is 8.20. The molecular formula is C25H24N2O5. The fourth-order valence-corrected chi connectivity index (χ4v) is 4.81. The highest BCUT2D eigenvalue weighted by molar-refractivity contribution is 6.01. The molecule has 0 radical (unpaired) electrons. The van der Waals surface area contributed by atoms with Gasteiger partial charge < -0.3 is 24.4 Å². The quantitative estimate of drug-likeness (QED) is 0.619. The molecule has 0 amide bonds. The van der Waals surface area contributed by atoms with Crippen LogP contribution in [-0.2, 0) is 4.79 Å². The van der Waals surface area contributed by atoms with Gasteiger partial charge in [0.1, 0.15) is 5.75 Å². The third kappa shape index (κ3) is 3.21. The van der Waals surface area contributed by atoms with Crippen LogP contribution in [0.4, 0.5) is 5.88 Å². The molecule has 7 nitrogen and oxygen atoms in total. The first kappa shape index (κ1) is 20.2. The number of Topliss-reactive ketones (excluding diaryl/α,β-unsaturated/α-hetero) is 1. The summed E-state index contributed by atoms with van der Waals surface area (Å²) >= 11 is 0. The third-order valence-corrected chi connectivity index (χ3v) is 6.36. The van der Waals surface area contributed by atoms with Crippen LogP contribution in [0, 0.1) is 6.92 Å². The zero-order chi connectivity index (χ0) is 22.4.